The molecule has 2 aromatic rings. The van der Waals surface area contributed by atoms with E-state index >= 15 is 0 Å². The number of carbonyl (C=O) groups excluding carboxylic acids is 3. The number of nitrogens with one attached hydrogen (secondary N) is 3. The highest BCUT2D eigenvalue weighted by molar-refractivity contribution is 5.96. The summed E-state index contributed by atoms with van der Waals surface area (Å²) in [5.41, 5.74) is 1.79. The van der Waals surface area contributed by atoms with Crippen molar-refractivity contribution in [2.75, 3.05) is 23.8 Å². The fourth-order valence-corrected chi connectivity index (χ4v) is 2.26. The molecule has 7 nitrogen and oxygen atoms in total. The van der Waals surface area contributed by atoms with Gasteiger partial charge in [-0.3, -0.25) is 9.59 Å². The third-order valence-corrected chi connectivity index (χ3v) is 3.70. The zero-order chi connectivity index (χ0) is 20.4. The van der Waals surface area contributed by atoms with Crippen molar-refractivity contribution in [3.8, 4) is 5.75 Å². The zero-order valence-corrected chi connectivity index (χ0v) is 15.7. The number of amides is 3. The van der Waals surface area contributed by atoms with Gasteiger partial charge in [-0.25, -0.2) is 4.79 Å². The summed E-state index contributed by atoms with van der Waals surface area (Å²) in [5.74, 6) is 0.242. The zero-order valence-electron chi connectivity index (χ0n) is 15.7. The second-order valence-corrected chi connectivity index (χ2v) is 5.84. The number of anilines is 2. The minimum absolute atomic E-state index is 0.0559. The van der Waals surface area contributed by atoms with Crippen molar-refractivity contribution in [3.63, 3.8) is 0 Å². The molecule has 0 bridgehead atoms. The minimum atomic E-state index is -0.336. The lowest BCUT2D eigenvalue weighted by molar-refractivity contribution is -0.118. The summed E-state index contributed by atoms with van der Waals surface area (Å²) in [4.78, 5) is 35.2. The van der Waals surface area contributed by atoms with Crippen LogP contribution in [0.1, 0.15) is 23.7 Å². The Morgan fingerprint density at radius 2 is 1.57 bits per heavy atom. The van der Waals surface area contributed by atoms with Gasteiger partial charge in [0.05, 0.1) is 0 Å². The van der Waals surface area contributed by atoms with Gasteiger partial charge in [-0.15, -0.1) is 6.58 Å². The Labute approximate surface area is 163 Å². The van der Waals surface area contributed by atoms with Crippen LogP contribution in [-0.2, 0) is 4.79 Å². The van der Waals surface area contributed by atoms with Gasteiger partial charge in [0.15, 0.2) is 12.4 Å². The van der Waals surface area contributed by atoms with Gasteiger partial charge in [-0.1, -0.05) is 13.0 Å². The van der Waals surface area contributed by atoms with E-state index in [4.69, 9.17) is 4.74 Å². The average Bonchev–Trinajstić information content (AvgIpc) is 2.72. The average molecular weight is 381 g/mol. The van der Waals surface area contributed by atoms with Gasteiger partial charge in [0, 0.05) is 29.9 Å². The number of Topliss-reactive ketones (excluding diaryl/α,β-unsaturated/α-hetero) is 1. The second kappa shape index (κ2) is 10.5. The van der Waals surface area contributed by atoms with E-state index in [1.165, 1.54) is 0 Å². The predicted octanol–water partition coefficient (Wildman–Crippen LogP) is 3.60. The van der Waals surface area contributed by atoms with Crippen LogP contribution in [0.3, 0.4) is 0 Å². The lowest BCUT2D eigenvalue weighted by Crippen LogP contribution is -2.28. The van der Waals surface area contributed by atoms with Gasteiger partial charge >= 0.3 is 6.03 Å². The van der Waals surface area contributed by atoms with Crippen LogP contribution < -0.4 is 20.7 Å². The standard InChI is InChI=1S/C21H23N3O4/c1-3-13-22-21(27)24-17-9-7-16(8-10-17)23-20(26)14-28-18-11-5-15(6-12-18)19(25)4-2/h3,5-12H,1,4,13-14H2,2H3,(H,23,26)(H2,22,24,27). The van der Waals surface area contributed by atoms with Crippen molar-refractivity contribution in [3.05, 3.63) is 66.7 Å². The summed E-state index contributed by atoms with van der Waals surface area (Å²) in [6.45, 7) is 5.53. The predicted molar refractivity (Wildman–Crippen MR) is 109 cm³/mol. The molecule has 3 amide bonds. The molecule has 0 aliphatic rings. The SMILES string of the molecule is C=CCNC(=O)Nc1ccc(NC(=O)COc2ccc(C(=O)CC)cc2)cc1. The van der Waals surface area contributed by atoms with Crippen molar-refractivity contribution in [2.24, 2.45) is 0 Å². The summed E-state index contributed by atoms with van der Waals surface area (Å²) in [5, 5.41) is 7.97. The van der Waals surface area contributed by atoms with Gasteiger partial charge in [0.25, 0.3) is 5.91 Å². The third kappa shape index (κ3) is 6.60. The van der Waals surface area contributed by atoms with Crippen molar-refractivity contribution < 1.29 is 19.1 Å². The maximum absolute atomic E-state index is 12.0. The molecule has 0 aromatic heterocycles. The number of rotatable bonds is 9. The molecule has 0 fully saturated rings. The molecule has 0 unspecified atom stereocenters. The van der Waals surface area contributed by atoms with Gasteiger partial charge in [0.1, 0.15) is 5.75 Å². The molecule has 0 atom stereocenters. The first kappa shape index (κ1) is 20.7. The van der Waals surface area contributed by atoms with E-state index in [1.807, 2.05) is 0 Å². The largest absolute Gasteiger partial charge is 0.484 e. The number of hydrogen-bond acceptors (Lipinski definition) is 4. The van der Waals surface area contributed by atoms with Crippen LogP contribution in [0, 0.1) is 0 Å². The van der Waals surface area contributed by atoms with Crippen LogP contribution in [0.4, 0.5) is 16.2 Å². The minimum Gasteiger partial charge on any atom is -0.484 e. The molecule has 0 aliphatic heterocycles. The van der Waals surface area contributed by atoms with Crippen LogP contribution in [0.15, 0.2) is 61.2 Å². The van der Waals surface area contributed by atoms with E-state index < -0.39 is 0 Å². The number of ketones is 1. The molecule has 3 N–H and O–H groups in total. The molecule has 0 heterocycles. The highest BCUT2D eigenvalue weighted by atomic mass is 16.5. The molecule has 0 spiro atoms. The Bertz CT molecular complexity index is 830. The fourth-order valence-electron chi connectivity index (χ4n) is 2.26. The van der Waals surface area contributed by atoms with Crippen molar-refractivity contribution in [1.82, 2.24) is 5.32 Å². The maximum atomic E-state index is 12.0. The molecular weight excluding hydrogens is 358 g/mol. The Hall–Kier alpha value is -3.61. The molecule has 0 aliphatic carbocycles. The summed E-state index contributed by atoms with van der Waals surface area (Å²) < 4.78 is 5.43. The second-order valence-electron chi connectivity index (χ2n) is 5.84. The molecule has 146 valence electrons. The molecule has 2 aromatic carbocycles. The van der Waals surface area contributed by atoms with Crippen LogP contribution in [0.2, 0.25) is 0 Å². The van der Waals surface area contributed by atoms with Gasteiger partial charge < -0.3 is 20.7 Å². The van der Waals surface area contributed by atoms with Gasteiger partial charge in [-0.2, -0.15) is 0 Å². The van der Waals surface area contributed by atoms with E-state index in [2.05, 4.69) is 22.5 Å². The summed E-state index contributed by atoms with van der Waals surface area (Å²) >= 11 is 0. The van der Waals surface area contributed by atoms with Crippen LogP contribution >= 0.6 is 0 Å². The smallest absolute Gasteiger partial charge is 0.319 e. The molecule has 7 heteroatoms. The number of urea groups is 1. The molecule has 2 rings (SSSR count). The molecular formula is C21H23N3O4. The van der Waals surface area contributed by atoms with Crippen LogP contribution in [-0.4, -0.2) is 30.9 Å². The van der Waals surface area contributed by atoms with Crippen LogP contribution in [0.5, 0.6) is 5.75 Å². The summed E-state index contributed by atoms with van der Waals surface area (Å²) in [6.07, 6.45) is 2.02. The number of hydrogen-bond donors (Lipinski definition) is 3. The fraction of sp³-hybridized carbons (Fsp3) is 0.190. The monoisotopic (exact) mass is 381 g/mol. The Kier molecular flexibility index (Phi) is 7.77. The summed E-state index contributed by atoms with van der Waals surface area (Å²) in [7, 11) is 0. The van der Waals surface area contributed by atoms with E-state index in [-0.39, 0.29) is 24.3 Å². The lowest BCUT2D eigenvalue weighted by Gasteiger charge is -2.09. The third-order valence-electron chi connectivity index (χ3n) is 3.70. The molecule has 0 radical (unpaired) electrons. The van der Waals surface area contributed by atoms with E-state index in [0.29, 0.717) is 35.7 Å². The Balaban J connectivity index is 1.80. The van der Waals surface area contributed by atoms with Gasteiger partial charge in [0.2, 0.25) is 0 Å². The normalized spacial score (nSPS) is 9.89. The molecule has 0 saturated carbocycles. The lowest BCUT2D eigenvalue weighted by atomic mass is 10.1. The van der Waals surface area contributed by atoms with Crippen molar-refractivity contribution in [2.45, 2.75) is 13.3 Å². The first-order valence-corrected chi connectivity index (χ1v) is 8.83. The quantitative estimate of drug-likeness (QED) is 0.457. The highest BCUT2D eigenvalue weighted by Crippen LogP contribution is 2.15. The van der Waals surface area contributed by atoms with E-state index in [0.717, 1.165) is 0 Å². The Morgan fingerprint density at radius 1 is 0.964 bits per heavy atom. The van der Waals surface area contributed by atoms with Crippen LogP contribution in [0.25, 0.3) is 0 Å². The first-order valence-electron chi connectivity index (χ1n) is 8.83. The number of ether oxygens (including phenoxy) is 1. The van der Waals surface area contributed by atoms with E-state index in [1.54, 1.807) is 61.5 Å². The van der Waals surface area contributed by atoms with E-state index in [9.17, 15) is 14.4 Å². The number of carbonyl (C=O) groups is 3. The Morgan fingerprint density at radius 3 is 2.14 bits per heavy atom. The van der Waals surface area contributed by atoms with Gasteiger partial charge in [-0.05, 0) is 48.5 Å². The topological polar surface area (TPSA) is 96.5 Å². The van der Waals surface area contributed by atoms with Crippen molar-refractivity contribution >= 4 is 29.1 Å². The number of benzene rings is 2. The maximum Gasteiger partial charge on any atom is 0.319 e. The highest BCUT2D eigenvalue weighted by Gasteiger charge is 2.06. The van der Waals surface area contributed by atoms with Crippen molar-refractivity contribution in [1.29, 1.82) is 0 Å². The first-order chi connectivity index (χ1) is 13.5. The molecule has 0 saturated heterocycles. The molecule has 28 heavy (non-hydrogen) atoms. The summed E-state index contributed by atoms with van der Waals surface area (Å²) in [6, 6.07) is 13.0.